The number of rotatable bonds is 4. The van der Waals surface area contributed by atoms with E-state index in [1.807, 2.05) is 50.3 Å². The van der Waals surface area contributed by atoms with Crippen LogP contribution in [0.2, 0.25) is 0 Å². The van der Waals surface area contributed by atoms with E-state index in [4.69, 9.17) is 0 Å². The number of nitrogens with zero attached hydrogens (tertiary/aromatic N) is 2. The number of aromatic nitrogens is 2. The number of hydrogen-bond acceptors (Lipinski definition) is 3. The molecular formula is C15H16N4O. The third-order valence-corrected chi connectivity index (χ3v) is 2.57. The molecule has 5 heteroatoms. The maximum Gasteiger partial charge on any atom is 0.291 e. The van der Waals surface area contributed by atoms with E-state index in [9.17, 15) is 4.79 Å². The van der Waals surface area contributed by atoms with E-state index in [-0.39, 0.29) is 5.91 Å². The highest BCUT2D eigenvalue weighted by Gasteiger charge is 2.06. The summed E-state index contributed by atoms with van der Waals surface area (Å²) in [7, 11) is 0. The van der Waals surface area contributed by atoms with Crippen LogP contribution in [0.1, 0.15) is 28.7 Å². The first kappa shape index (κ1) is 13.7. The minimum absolute atomic E-state index is 0.323. The number of benzene rings is 1. The van der Waals surface area contributed by atoms with Crippen LogP contribution in [0.5, 0.6) is 0 Å². The summed E-state index contributed by atoms with van der Waals surface area (Å²) < 4.78 is 0. The highest BCUT2D eigenvalue weighted by molar-refractivity contribution is 5.93. The summed E-state index contributed by atoms with van der Waals surface area (Å²) in [6, 6.07) is 11.6. The number of amides is 1. The average molecular weight is 268 g/mol. The molecule has 1 heterocycles. The van der Waals surface area contributed by atoms with Crippen LogP contribution in [0.15, 0.2) is 47.1 Å². The molecule has 0 aliphatic rings. The van der Waals surface area contributed by atoms with Crippen LogP contribution in [0.25, 0.3) is 6.08 Å². The van der Waals surface area contributed by atoms with Crippen LogP contribution < -0.4 is 5.43 Å². The zero-order chi connectivity index (χ0) is 14.4. The maximum atomic E-state index is 11.7. The fraction of sp³-hybridized carbons (Fsp3) is 0.133. The molecule has 0 atom stereocenters. The summed E-state index contributed by atoms with van der Waals surface area (Å²) in [4.78, 5) is 11.7. The Kier molecular flexibility index (Phi) is 4.44. The molecule has 0 saturated heterocycles. The van der Waals surface area contributed by atoms with Crippen LogP contribution in [0.3, 0.4) is 0 Å². The van der Waals surface area contributed by atoms with Crippen molar-refractivity contribution in [3.63, 3.8) is 0 Å². The van der Waals surface area contributed by atoms with Crippen molar-refractivity contribution in [2.24, 2.45) is 5.10 Å². The lowest BCUT2D eigenvalue weighted by Gasteiger charge is -1.96. The average Bonchev–Trinajstić information content (AvgIpc) is 2.86. The number of nitrogens with one attached hydrogen (secondary N) is 2. The molecule has 0 saturated carbocycles. The molecule has 1 aromatic heterocycles. The summed E-state index contributed by atoms with van der Waals surface area (Å²) in [6.45, 7) is 3.75. The Morgan fingerprint density at radius 3 is 2.75 bits per heavy atom. The number of hydrazone groups is 1. The molecule has 0 spiro atoms. The molecule has 1 amide bonds. The van der Waals surface area contributed by atoms with E-state index in [1.165, 1.54) is 0 Å². The number of aryl methyl sites for hydroxylation is 1. The second-order valence-electron chi connectivity index (χ2n) is 4.43. The van der Waals surface area contributed by atoms with Gasteiger partial charge >= 0.3 is 0 Å². The van der Waals surface area contributed by atoms with Crippen LogP contribution in [-0.2, 0) is 0 Å². The fourth-order valence-corrected chi connectivity index (χ4v) is 1.63. The van der Waals surface area contributed by atoms with Crippen LogP contribution in [0.4, 0.5) is 0 Å². The van der Waals surface area contributed by atoms with Gasteiger partial charge in [0.2, 0.25) is 0 Å². The first-order chi connectivity index (χ1) is 9.65. The maximum absolute atomic E-state index is 11.7. The molecule has 0 unspecified atom stereocenters. The van der Waals surface area contributed by atoms with Crippen molar-refractivity contribution in [1.82, 2.24) is 15.6 Å². The summed E-state index contributed by atoms with van der Waals surface area (Å²) in [5, 5.41) is 10.5. The number of allylic oxidation sites excluding steroid dienone is 1. The smallest absolute Gasteiger partial charge is 0.282 e. The summed E-state index contributed by atoms with van der Waals surface area (Å²) in [5.74, 6) is -0.335. The van der Waals surface area contributed by atoms with E-state index < -0.39 is 0 Å². The summed E-state index contributed by atoms with van der Waals surface area (Å²) in [6.07, 6.45) is 3.58. The van der Waals surface area contributed by atoms with Crippen LogP contribution in [-0.4, -0.2) is 22.3 Å². The van der Waals surface area contributed by atoms with E-state index in [1.54, 1.807) is 12.3 Å². The lowest BCUT2D eigenvalue weighted by molar-refractivity contribution is 0.0950. The predicted molar refractivity (Wildman–Crippen MR) is 79.4 cm³/mol. The molecule has 0 bridgehead atoms. The highest BCUT2D eigenvalue weighted by atomic mass is 16.2. The van der Waals surface area contributed by atoms with Gasteiger partial charge in [0.25, 0.3) is 5.91 Å². The Morgan fingerprint density at radius 2 is 2.10 bits per heavy atom. The molecule has 102 valence electrons. The van der Waals surface area contributed by atoms with Crippen molar-refractivity contribution in [3.05, 3.63) is 58.9 Å². The minimum atomic E-state index is -0.335. The Bertz CT molecular complexity index is 641. The molecule has 0 aliphatic carbocycles. The van der Waals surface area contributed by atoms with Crippen molar-refractivity contribution >= 4 is 18.2 Å². The number of hydrogen-bond donors (Lipinski definition) is 2. The Hall–Kier alpha value is -2.69. The van der Waals surface area contributed by atoms with E-state index in [0.29, 0.717) is 5.69 Å². The van der Waals surface area contributed by atoms with Crippen molar-refractivity contribution in [2.75, 3.05) is 0 Å². The molecule has 0 radical (unpaired) electrons. The first-order valence-electron chi connectivity index (χ1n) is 6.24. The third-order valence-electron chi connectivity index (χ3n) is 2.57. The monoisotopic (exact) mass is 268 g/mol. The van der Waals surface area contributed by atoms with Gasteiger partial charge in [0, 0.05) is 5.69 Å². The largest absolute Gasteiger partial charge is 0.291 e. The lowest BCUT2D eigenvalue weighted by Crippen LogP contribution is -2.17. The van der Waals surface area contributed by atoms with Crippen LogP contribution in [0, 0.1) is 6.92 Å². The quantitative estimate of drug-likeness (QED) is 0.660. The summed E-state index contributed by atoms with van der Waals surface area (Å²) >= 11 is 0. The Balaban J connectivity index is 1.93. The number of carbonyl (C=O) groups is 1. The normalized spacial score (nSPS) is 11.8. The van der Waals surface area contributed by atoms with Crippen molar-refractivity contribution in [1.29, 1.82) is 0 Å². The number of aromatic amines is 1. The van der Waals surface area contributed by atoms with Gasteiger partial charge in [-0.2, -0.15) is 10.2 Å². The molecule has 2 rings (SSSR count). The van der Waals surface area contributed by atoms with Crippen LogP contribution >= 0.6 is 0 Å². The van der Waals surface area contributed by atoms with Gasteiger partial charge in [0.05, 0.1) is 6.21 Å². The zero-order valence-electron chi connectivity index (χ0n) is 11.4. The molecule has 5 nitrogen and oxygen atoms in total. The molecular weight excluding hydrogens is 252 g/mol. The van der Waals surface area contributed by atoms with Gasteiger partial charge in [0.1, 0.15) is 0 Å². The van der Waals surface area contributed by atoms with E-state index in [0.717, 1.165) is 16.8 Å². The van der Waals surface area contributed by atoms with E-state index >= 15 is 0 Å². The van der Waals surface area contributed by atoms with Gasteiger partial charge in [-0.3, -0.25) is 9.89 Å². The van der Waals surface area contributed by atoms with Gasteiger partial charge in [-0.15, -0.1) is 0 Å². The molecule has 2 aromatic rings. The third kappa shape index (κ3) is 3.91. The Labute approximate surface area is 117 Å². The topological polar surface area (TPSA) is 70.1 Å². The van der Waals surface area contributed by atoms with Crippen molar-refractivity contribution < 1.29 is 4.79 Å². The minimum Gasteiger partial charge on any atom is -0.282 e. The number of carbonyl (C=O) groups excluding carboxylic acids is 1. The Morgan fingerprint density at radius 1 is 1.35 bits per heavy atom. The van der Waals surface area contributed by atoms with Gasteiger partial charge in [-0.25, -0.2) is 5.43 Å². The molecule has 2 N–H and O–H groups in total. The highest BCUT2D eigenvalue weighted by Crippen LogP contribution is 2.04. The second kappa shape index (κ2) is 6.47. The molecule has 0 fully saturated rings. The molecule has 20 heavy (non-hydrogen) atoms. The molecule has 1 aromatic carbocycles. The van der Waals surface area contributed by atoms with Gasteiger partial charge < -0.3 is 0 Å². The van der Waals surface area contributed by atoms with Crippen molar-refractivity contribution in [2.45, 2.75) is 13.8 Å². The first-order valence-corrected chi connectivity index (χ1v) is 6.24. The van der Waals surface area contributed by atoms with Gasteiger partial charge in [-0.1, -0.05) is 36.4 Å². The van der Waals surface area contributed by atoms with Crippen molar-refractivity contribution in [3.8, 4) is 0 Å². The second-order valence-corrected chi connectivity index (χ2v) is 4.43. The standard InChI is InChI=1S/C15H16N4O/c1-11(8-13-6-4-3-5-7-13)10-16-19-15(20)14-9-12(2)17-18-14/h3-10H,1-2H3,(H,17,18)(H,19,20)/b11-8+,16-10+. The SMILES string of the molecule is CC(/C=N/NC(=O)c1cc(C)[nH]n1)=C\c1ccccc1. The molecule has 0 aliphatic heterocycles. The fourth-order valence-electron chi connectivity index (χ4n) is 1.63. The van der Waals surface area contributed by atoms with E-state index in [2.05, 4.69) is 20.7 Å². The van der Waals surface area contributed by atoms with Gasteiger partial charge in [-0.05, 0) is 31.1 Å². The summed E-state index contributed by atoms with van der Waals surface area (Å²) in [5.41, 5.74) is 5.62. The zero-order valence-corrected chi connectivity index (χ0v) is 11.4. The number of H-pyrrole nitrogens is 1. The predicted octanol–water partition coefficient (Wildman–Crippen LogP) is 2.54. The van der Waals surface area contributed by atoms with Gasteiger partial charge in [0.15, 0.2) is 5.69 Å². The lowest BCUT2D eigenvalue weighted by atomic mass is 10.1.